The van der Waals surface area contributed by atoms with E-state index in [2.05, 4.69) is 9.97 Å². The molecule has 1 aromatic rings. The summed E-state index contributed by atoms with van der Waals surface area (Å²) in [6.45, 7) is 1.37. The third-order valence-electron chi connectivity index (χ3n) is 2.34. The van der Waals surface area contributed by atoms with Crippen LogP contribution in [-0.2, 0) is 11.3 Å². The molecule has 0 aliphatic heterocycles. The average molecular weight is 193 g/mol. The van der Waals surface area contributed by atoms with Gasteiger partial charge in [-0.05, 0) is 12.3 Å². The topological polar surface area (TPSA) is 61.0 Å². The third kappa shape index (κ3) is 2.96. The summed E-state index contributed by atoms with van der Waals surface area (Å²) in [5.41, 5.74) is 6.26. The normalized spacial score (nSPS) is 15.7. The Hall–Kier alpha value is -1.16. The second-order valence-electron chi connectivity index (χ2n) is 3.72. The molecule has 2 N–H and O–H groups in total. The molecule has 1 aliphatic carbocycles. The lowest BCUT2D eigenvalue weighted by Crippen LogP contribution is -2.00. The molecule has 0 unspecified atom stereocenters. The maximum Gasteiger partial charge on any atom is 0.141 e. The SMILES string of the molecule is Nc1cnc(COCCC2CC2)cn1. The molecule has 4 nitrogen and oxygen atoms in total. The molecule has 1 saturated carbocycles. The molecule has 1 aromatic heterocycles. The Labute approximate surface area is 83.5 Å². The summed E-state index contributed by atoms with van der Waals surface area (Å²) >= 11 is 0. The van der Waals surface area contributed by atoms with E-state index in [1.54, 1.807) is 12.4 Å². The monoisotopic (exact) mass is 193 g/mol. The number of hydrogen-bond acceptors (Lipinski definition) is 4. The van der Waals surface area contributed by atoms with Crippen molar-refractivity contribution in [2.45, 2.75) is 25.9 Å². The number of ether oxygens (including phenoxy) is 1. The molecule has 1 heterocycles. The number of anilines is 1. The number of hydrogen-bond donors (Lipinski definition) is 1. The van der Waals surface area contributed by atoms with Crippen molar-refractivity contribution in [1.29, 1.82) is 0 Å². The molecule has 0 spiro atoms. The maximum atomic E-state index is 5.47. The molecule has 76 valence electrons. The van der Waals surface area contributed by atoms with Gasteiger partial charge in [0.2, 0.25) is 0 Å². The van der Waals surface area contributed by atoms with Crippen molar-refractivity contribution in [1.82, 2.24) is 9.97 Å². The highest BCUT2D eigenvalue weighted by Crippen LogP contribution is 2.32. The first-order valence-corrected chi connectivity index (χ1v) is 4.99. The van der Waals surface area contributed by atoms with E-state index in [0.29, 0.717) is 12.4 Å². The first-order valence-electron chi connectivity index (χ1n) is 4.99. The minimum absolute atomic E-state index is 0.451. The lowest BCUT2D eigenvalue weighted by Gasteiger charge is -2.02. The van der Waals surface area contributed by atoms with Gasteiger partial charge in [0.15, 0.2) is 0 Å². The predicted molar refractivity (Wildman–Crippen MR) is 53.4 cm³/mol. The Morgan fingerprint density at radius 3 is 2.86 bits per heavy atom. The van der Waals surface area contributed by atoms with Crippen LogP contribution in [0.25, 0.3) is 0 Å². The fraction of sp³-hybridized carbons (Fsp3) is 0.600. The van der Waals surface area contributed by atoms with Gasteiger partial charge in [0.05, 0.1) is 24.7 Å². The van der Waals surface area contributed by atoms with Crippen LogP contribution >= 0.6 is 0 Å². The largest absolute Gasteiger partial charge is 0.382 e. The van der Waals surface area contributed by atoms with Gasteiger partial charge in [-0.3, -0.25) is 4.98 Å². The van der Waals surface area contributed by atoms with Gasteiger partial charge in [-0.2, -0.15) is 0 Å². The Morgan fingerprint density at radius 2 is 2.21 bits per heavy atom. The van der Waals surface area contributed by atoms with Crippen molar-refractivity contribution >= 4 is 5.82 Å². The van der Waals surface area contributed by atoms with Crippen LogP contribution in [-0.4, -0.2) is 16.6 Å². The summed E-state index contributed by atoms with van der Waals surface area (Å²) in [6, 6.07) is 0. The van der Waals surface area contributed by atoms with E-state index < -0.39 is 0 Å². The molecule has 0 bridgehead atoms. The second kappa shape index (κ2) is 4.37. The zero-order valence-electron chi connectivity index (χ0n) is 8.15. The van der Waals surface area contributed by atoms with E-state index in [9.17, 15) is 0 Å². The lowest BCUT2D eigenvalue weighted by atomic mass is 10.3. The molecule has 0 aromatic carbocycles. The average Bonchev–Trinajstić information content (AvgIpc) is 2.99. The van der Waals surface area contributed by atoms with Crippen molar-refractivity contribution in [2.24, 2.45) is 5.92 Å². The van der Waals surface area contributed by atoms with Crippen LogP contribution in [0.15, 0.2) is 12.4 Å². The second-order valence-corrected chi connectivity index (χ2v) is 3.72. The van der Waals surface area contributed by atoms with Gasteiger partial charge in [0, 0.05) is 6.61 Å². The highest BCUT2D eigenvalue weighted by Gasteiger charge is 2.20. The maximum absolute atomic E-state index is 5.47. The van der Waals surface area contributed by atoms with Crippen LogP contribution in [0.1, 0.15) is 25.0 Å². The van der Waals surface area contributed by atoms with Gasteiger partial charge in [-0.1, -0.05) is 12.8 Å². The molecule has 1 fully saturated rings. The molecule has 0 amide bonds. The fourth-order valence-corrected chi connectivity index (χ4v) is 1.27. The van der Waals surface area contributed by atoms with E-state index in [4.69, 9.17) is 10.5 Å². The summed E-state index contributed by atoms with van der Waals surface area (Å²) < 4.78 is 5.47. The first kappa shape index (κ1) is 9.40. The van der Waals surface area contributed by atoms with Crippen LogP contribution in [0.2, 0.25) is 0 Å². The number of rotatable bonds is 5. The number of nitrogen functional groups attached to an aromatic ring is 1. The summed E-state index contributed by atoms with van der Waals surface area (Å²) in [6.07, 6.45) is 7.16. The Balaban J connectivity index is 1.66. The molecule has 0 saturated heterocycles. The van der Waals surface area contributed by atoms with Gasteiger partial charge in [0.25, 0.3) is 0 Å². The van der Waals surface area contributed by atoms with Crippen molar-refractivity contribution in [3.63, 3.8) is 0 Å². The van der Waals surface area contributed by atoms with Crippen molar-refractivity contribution in [2.75, 3.05) is 12.3 Å². The minimum Gasteiger partial charge on any atom is -0.382 e. The van der Waals surface area contributed by atoms with Gasteiger partial charge in [0.1, 0.15) is 5.82 Å². The minimum atomic E-state index is 0.451. The Morgan fingerprint density at radius 1 is 1.36 bits per heavy atom. The summed E-state index contributed by atoms with van der Waals surface area (Å²) in [7, 11) is 0. The van der Waals surface area contributed by atoms with Gasteiger partial charge >= 0.3 is 0 Å². The van der Waals surface area contributed by atoms with Crippen LogP contribution in [0.4, 0.5) is 5.82 Å². The third-order valence-corrected chi connectivity index (χ3v) is 2.34. The summed E-state index contributed by atoms with van der Waals surface area (Å²) in [5.74, 6) is 1.37. The Kier molecular flexibility index (Phi) is 2.93. The van der Waals surface area contributed by atoms with Crippen LogP contribution in [0.5, 0.6) is 0 Å². The fourth-order valence-electron chi connectivity index (χ4n) is 1.27. The van der Waals surface area contributed by atoms with Crippen LogP contribution in [0.3, 0.4) is 0 Å². The lowest BCUT2D eigenvalue weighted by molar-refractivity contribution is 0.112. The number of nitrogens with two attached hydrogens (primary N) is 1. The molecule has 14 heavy (non-hydrogen) atoms. The smallest absolute Gasteiger partial charge is 0.141 e. The molecular weight excluding hydrogens is 178 g/mol. The van der Waals surface area contributed by atoms with Crippen molar-refractivity contribution in [3.05, 3.63) is 18.1 Å². The van der Waals surface area contributed by atoms with Crippen molar-refractivity contribution < 1.29 is 4.74 Å². The molecular formula is C10H15N3O. The molecule has 4 heteroatoms. The van der Waals surface area contributed by atoms with E-state index in [1.165, 1.54) is 19.3 Å². The van der Waals surface area contributed by atoms with E-state index in [-0.39, 0.29) is 0 Å². The predicted octanol–water partition coefficient (Wildman–Crippen LogP) is 1.38. The summed E-state index contributed by atoms with van der Waals surface area (Å²) in [4.78, 5) is 8.04. The molecule has 1 aliphatic rings. The van der Waals surface area contributed by atoms with Crippen molar-refractivity contribution in [3.8, 4) is 0 Å². The summed E-state index contributed by atoms with van der Waals surface area (Å²) in [5, 5.41) is 0. The molecule has 0 atom stereocenters. The van der Waals surface area contributed by atoms with E-state index >= 15 is 0 Å². The standard InChI is InChI=1S/C10H15N3O/c11-10-6-12-9(5-13-10)7-14-4-3-8-1-2-8/h5-6,8H,1-4,7H2,(H2,11,13). The van der Waals surface area contributed by atoms with Crippen LogP contribution in [0, 0.1) is 5.92 Å². The molecule has 0 radical (unpaired) electrons. The van der Waals surface area contributed by atoms with Gasteiger partial charge in [-0.15, -0.1) is 0 Å². The number of aromatic nitrogens is 2. The van der Waals surface area contributed by atoms with Gasteiger partial charge in [-0.25, -0.2) is 4.98 Å². The molecule has 2 rings (SSSR count). The number of nitrogens with zero attached hydrogens (tertiary/aromatic N) is 2. The Bertz CT molecular complexity index is 282. The highest BCUT2D eigenvalue weighted by molar-refractivity contribution is 5.22. The highest BCUT2D eigenvalue weighted by atomic mass is 16.5. The van der Waals surface area contributed by atoms with Gasteiger partial charge < -0.3 is 10.5 Å². The zero-order valence-corrected chi connectivity index (χ0v) is 8.15. The van der Waals surface area contributed by atoms with E-state index in [0.717, 1.165) is 18.2 Å². The van der Waals surface area contributed by atoms with Crippen LogP contribution < -0.4 is 5.73 Å². The quantitative estimate of drug-likeness (QED) is 0.717. The zero-order chi connectivity index (χ0) is 9.80. The van der Waals surface area contributed by atoms with E-state index in [1.807, 2.05) is 0 Å². The first-order chi connectivity index (χ1) is 6.84.